The fourth-order valence-electron chi connectivity index (χ4n) is 7.17. The quantitative estimate of drug-likeness (QED) is 0.197. The second-order valence-electron chi connectivity index (χ2n) is 12.6. The van der Waals surface area contributed by atoms with Crippen molar-refractivity contribution in [2.75, 3.05) is 0 Å². The first kappa shape index (κ1) is 30.6. The number of fused-ring (bicyclic) bond motifs is 1. The SMILES string of the molecule is N#Cc1ccccc1-c1ccc(C2=NC3=C(c4ccccc4)C=C(c4ccccc4)CC3C(c3ccc(-c4ccccc4C#N)cc3)N2)cc1. The molecule has 2 atom stereocenters. The lowest BCUT2D eigenvalue weighted by atomic mass is 9.76. The lowest BCUT2D eigenvalue weighted by Gasteiger charge is -2.38. The van der Waals surface area contributed by atoms with Crippen LogP contribution in [0.4, 0.5) is 0 Å². The molecule has 0 bridgehead atoms. The number of nitrogens with one attached hydrogen (secondary N) is 1. The molecule has 4 nitrogen and oxygen atoms in total. The topological polar surface area (TPSA) is 72.0 Å². The third-order valence-electron chi connectivity index (χ3n) is 9.69. The van der Waals surface area contributed by atoms with E-state index < -0.39 is 0 Å². The van der Waals surface area contributed by atoms with Gasteiger partial charge in [0.05, 0.1) is 35.0 Å². The van der Waals surface area contributed by atoms with Crippen LogP contribution in [0.3, 0.4) is 0 Å². The van der Waals surface area contributed by atoms with Gasteiger partial charge < -0.3 is 5.32 Å². The summed E-state index contributed by atoms with van der Waals surface area (Å²) in [6.45, 7) is 0. The molecule has 0 aromatic heterocycles. The van der Waals surface area contributed by atoms with Crippen LogP contribution >= 0.6 is 0 Å². The fourth-order valence-corrected chi connectivity index (χ4v) is 7.17. The Morgan fingerprint density at radius 3 is 1.60 bits per heavy atom. The van der Waals surface area contributed by atoms with Crippen LogP contribution in [0.15, 0.2) is 174 Å². The van der Waals surface area contributed by atoms with E-state index >= 15 is 0 Å². The van der Waals surface area contributed by atoms with E-state index in [1.807, 2.05) is 48.5 Å². The highest BCUT2D eigenvalue weighted by Gasteiger charge is 2.37. The number of allylic oxidation sites excluding steroid dienone is 3. The van der Waals surface area contributed by atoms with E-state index in [0.29, 0.717) is 11.1 Å². The number of benzene rings is 6. The molecule has 4 heteroatoms. The molecule has 0 radical (unpaired) electrons. The Balaban J connectivity index is 1.27. The van der Waals surface area contributed by atoms with Crippen molar-refractivity contribution >= 4 is 17.0 Å². The molecule has 1 N–H and O–H groups in total. The first-order chi connectivity index (χ1) is 24.7. The Bertz CT molecular complexity index is 2370. The highest BCUT2D eigenvalue weighted by molar-refractivity contribution is 6.02. The zero-order valence-corrected chi connectivity index (χ0v) is 27.3. The van der Waals surface area contributed by atoms with Crippen LogP contribution in [0.5, 0.6) is 0 Å². The highest BCUT2D eigenvalue weighted by atomic mass is 15.1. The number of hydrogen-bond donors (Lipinski definition) is 1. The third kappa shape index (κ3) is 5.81. The minimum absolute atomic E-state index is 0.0631. The van der Waals surface area contributed by atoms with Gasteiger partial charge in [-0.25, -0.2) is 4.99 Å². The number of hydrogen-bond acceptors (Lipinski definition) is 4. The lowest BCUT2D eigenvalue weighted by Crippen LogP contribution is -2.40. The van der Waals surface area contributed by atoms with Gasteiger partial charge in [-0.1, -0.05) is 146 Å². The van der Waals surface area contributed by atoms with Gasteiger partial charge in [0.15, 0.2) is 0 Å². The van der Waals surface area contributed by atoms with E-state index in [1.165, 1.54) is 11.1 Å². The summed E-state index contributed by atoms with van der Waals surface area (Å²) in [4.78, 5) is 5.41. The van der Waals surface area contributed by atoms with Crippen LogP contribution in [0.1, 0.15) is 45.8 Å². The maximum absolute atomic E-state index is 9.75. The standard InChI is InChI=1S/C46H32N4/c47-29-37-15-7-9-17-40(37)33-19-23-35(24-20-33)44-43-28-39(31-11-3-1-4-12-31)27-42(32-13-5-2-6-14-32)45(43)50-46(49-44)36-25-21-34(22-26-36)41-18-10-8-16-38(41)30-48/h1-27,43-44H,28H2,(H,49,50). The van der Waals surface area contributed by atoms with E-state index in [-0.39, 0.29) is 12.0 Å². The average molecular weight is 641 g/mol. The maximum Gasteiger partial charge on any atom is 0.134 e. The Morgan fingerprint density at radius 1 is 0.520 bits per heavy atom. The molecule has 6 aromatic rings. The Hall–Kier alpha value is -6.75. The summed E-state index contributed by atoms with van der Waals surface area (Å²) in [5, 5.41) is 23.3. The smallest absolute Gasteiger partial charge is 0.134 e. The molecule has 1 aliphatic heterocycles. The van der Waals surface area contributed by atoms with Crippen LogP contribution in [0.2, 0.25) is 0 Å². The van der Waals surface area contributed by atoms with Crippen molar-refractivity contribution in [2.24, 2.45) is 10.9 Å². The van der Waals surface area contributed by atoms with Crippen LogP contribution in [-0.2, 0) is 0 Å². The lowest BCUT2D eigenvalue weighted by molar-refractivity contribution is 0.446. The Morgan fingerprint density at radius 2 is 1.02 bits per heavy atom. The van der Waals surface area contributed by atoms with Crippen LogP contribution in [0, 0.1) is 28.6 Å². The number of nitrogens with zero attached hydrogens (tertiary/aromatic N) is 3. The second kappa shape index (κ2) is 13.4. The number of nitriles is 2. The van der Waals surface area contributed by atoms with Gasteiger partial charge in [-0.05, 0) is 69.1 Å². The molecule has 2 unspecified atom stereocenters. The van der Waals surface area contributed by atoms with Crippen LogP contribution in [0.25, 0.3) is 33.4 Å². The summed E-state index contributed by atoms with van der Waals surface area (Å²) in [6.07, 6.45) is 3.15. The number of rotatable bonds is 6. The molecular weight excluding hydrogens is 609 g/mol. The molecule has 236 valence electrons. The van der Waals surface area contributed by atoms with E-state index in [9.17, 15) is 10.5 Å². The molecule has 0 fully saturated rings. The zero-order valence-electron chi connectivity index (χ0n) is 27.3. The summed E-state index contributed by atoms with van der Waals surface area (Å²) < 4.78 is 0. The molecule has 0 amide bonds. The number of aliphatic imine (C=N–C) groups is 1. The van der Waals surface area contributed by atoms with E-state index in [4.69, 9.17) is 4.99 Å². The monoisotopic (exact) mass is 640 g/mol. The summed E-state index contributed by atoms with van der Waals surface area (Å²) in [7, 11) is 0. The molecule has 2 aliphatic rings. The Labute approximate surface area is 292 Å². The molecule has 1 heterocycles. The van der Waals surface area contributed by atoms with Gasteiger partial charge in [-0.2, -0.15) is 10.5 Å². The van der Waals surface area contributed by atoms with Crippen LogP contribution < -0.4 is 5.32 Å². The molecule has 1 aliphatic carbocycles. The van der Waals surface area contributed by atoms with E-state index in [2.05, 4.69) is 133 Å². The van der Waals surface area contributed by atoms with E-state index in [0.717, 1.165) is 62.5 Å². The predicted octanol–water partition coefficient (Wildman–Crippen LogP) is 10.4. The summed E-state index contributed by atoms with van der Waals surface area (Å²) >= 11 is 0. The van der Waals surface area contributed by atoms with Crippen LogP contribution in [-0.4, -0.2) is 5.84 Å². The normalized spacial score (nSPS) is 16.6. The van der Waals surface area contributed by atoms with Gasteiger partial charge in [0.1, 0.15) is 5.84 Å². The third-order valence-corrected chi connectivity index (χ3v) is 9.69. The van der Waals surface area contributed by atoms with Gasteiger partial charge in [-0.3, -0.25) is 0 Å². The molecule has 6 aromatic carbocycles. The molecule has 0 spiro atoms. The largest absolute Gasteiger partial charge is 0.362 e. The van der Waals surface area contributed by atoms with Crippen molar-refractivity contribution < 1.29 is 0 Å². The second-order valence-corrected chi connectivity index (χ2v) is 12.6. The number of amidine groups is 1. The molecule has 8 rings (SSSR count). The summed E-state index contributed by atoms with van der Waals surface area (Å²) in [6, 6.07) is 58.1. The molecule has 50 heavy (non-hydrogen) atoms. The van der Waals surface area contributed by atoms with Crippen molar-refractivity contribution in [1.82, 2.24) is 5.32 Å². The summed E-state index contributed by atoms with van der Waals surface area (Å²) in [5.74, 6) is 0.874. The van der Waals surface area contributed by atoms with Crippen molar-refractivity contribution in [1.29, 1.82) is 10.5 Å². The minimum Gasteiger partial charge on any atom is -0.362 e. The molecular formula is C46H32N4. The van der Waals surface area contributed by atoms with Crippen molar-refractivity contribution in [3.8, 4) is 34.4 Å². The predicted molar refractivity (Wildman–Crippen MR) is 201 cm³/mol. The molecule has 0 saturated heterocycles. The van der Waals surface area contributed by atoms with Gasteiger partial charge in [0.2, 0.25) is 0 Å². The first-order valence-corrected chi connectivity index (χ1v) is 16.8. The van der Waals surface area contributed by atoms with Gasteiger partial charge in [-0.15, -0.1) is 0 Å². The summed E-state index contributed by atoms with van der Waals surface area (Å²) in [5.41, 5.74) is 13.1. The maximum atomic E-state index is 9.75. The van der Waals surface area contributed by atoms with E-state index in [1.54, 1.807) is 0 Å². The first-order valence-electron chi connectivity index (χ1n) is 16.8. The molecule has 0 saturated carbocycles. The van der Waals surface area contributed by atoms with Crippen molar-refractivity contribution in [3.63, 3.8) is 0 Å². The zero-order chi connectivity index (χ0) is 33.9. The van der Waals surface area contributed by atoms with Gasteiger partial charge >= 0.3 is 0 Å². The Kier molecular flexibility index (Phi) is 8.19. The van der Waals surface area contributed by atoms with Gasteiger partial charge in [0, 0.05) is 17.1 Å². The fraction of sp³-hybridized carbons (Fsp3) is 0.0652. The highest BCUT2D eigenvalue weighted by Crippen LogP contribution is 2.47. The van der Waals surface area contributed by atoms with Crippen molar-refractivity contribution in [2.45, 2.75) is 12.5 Å². The average Bonchev–Trinajstić information content (AvgIpc) is 3.20. The van der Waals surface area contributed by atoms with Crippen molar-refractivity contribution in [3.05, 3.63) is 203 Å². The minimum atomic E-state index is -0.0668. The van der Waals surface area contributed by atoms with Gasteiger partial charge in [0.25, 0.3) is 0 Å².